The quantitative estimate of drug-likeness (QED) is 0.633. The lowest BCUT2D eigenvalue weighted by atomic mass is 10.1. The number of hydrogen-bond acceptors (Lipinski definition) is 2. The Bertz CT molecular complexity index is 759. The Balaban J connectivity index is 1.93. The molecule has 0 atom stereocenters. The van der Waals surface area contributed by atoms with Crippen LogP contribution >= 0.6 is 0 Å². The Morgan fingerprint density at radius 2 is 1.70 bits per heavy atom. The second-order valence-corrected chi connectivity index (χ2v) is 5.93. The van der Waals surface area contributed by atoms with Crippen LogP contribution in [-0.2, 0) is 23.9 Å². The highest BCUT2D eigenvalue weighted by Crippen LogP contribution is 2.32. The highest BCUT2D eigenvalue weighted by molar-refractivity contribution is 5.76. The standard InChI is InChI=1S/C19H18F5NO2/c1-25(12-14-4-2-3-5-16(14)19(22,23)24)17(26)11-8-13-6-9-15(10-7-13)27-18(20)21/h2-7,9-10,18H,8,11-12H2,1H3. The van der Waals surface area contributed by atoms with Crippen molar-refractivity contribution >= 4 is 5.91 Å². The van der Waals surface area contributed by atoms with Crippen molar-refractivity contribution < 1.29 is 31.5 Å². The van der Waals surface area contributed by atoms with Crippen molar-refractivity contribution in [3.8, 4) is 5.75 Å². The predicted octanol–water partition coefficient (Wildman–Crippen LogP) is 4.90. The van der Waals surface area contributed by atoms with Gasteiger partial charge in [0, 0.05) is 20.0 Å². The van der Waals surface area contributed by atoms with Gasteiger partial charge in [0.15, 0.2) is 0 Å². The van der Waals surface area contributed by atoms with Crippen molar-refractivity contribution in [1.29, 1.82) is 0 Å². The Kier molecular flexibility index (Phi) is 6.76. The highest BCUT2D eigenvalue weighted by atomic mass is 19.4. The molecule has 146 valence electrons. The van der Waals surface area contributed by atoms with Crippen LogP contribution in [0.25, 0.3) is 0 Å². The third kappa shape index (κ3) is 6.23. The number of halogens is 5. The van der Waals surface area contributed by atoms with Crippen LogP contribution in [0.2, 0.25) is 0 Å². The monoisotopic (exact) mass is 387 g/mol. The number of rotatable bonds is 7. The van der Waals surface area contributed by atoms with Crippen LogP contribution in [0.3, 0.4) is 0 Å². The van der Waals surface area contributed by atoms with Gasteiger partial charge in [-0.2, -0.15) is 22.0 Å². The van der Waals surface area contributed by atoms with Crippen molar-refractivity contribution in [3.05, 3.63) is 65.2 Å². The molecule has 0 spiro atoms. The molecule has 0 unspecified atom stereocenters. The number of hydrogen-bond donors (Lipinski definition) is 0. The molecule has 0 aliphatic carbocycles. The van der Waals surface area contributed by atoms with E-state index in [4.69, 9.17) is 0 Å². The molecule has 2 rings (SSSR count). The molecule has 27 heavy (non-hydrogen) atoms. The first-order chi connectivity index (χ1) is 12.7. The van der Waals surface area contributed by atoms with E-state index in [1.54, 1.807) is 12.1 Å². The van der Waals surface area contributed by atoms with Gasteiger partial charge in [0.2, 0.25) is 5.91 Å². The number of benzene rings is 2. The van der Waals surface area contributed by atoms with E-state index in [-0.39, 0.29) is 30.2 Å². The van der Waals surface area contributed by atoms with Gasteiger partial charge >= 0.3 is 12.8 Å². The zero-order chi connectivity index (χ0) is 20.0. The van der Waals surface area contributed by atoms with Gasteiger partial charge in [-0.3, -0.25) is 4.79 Å². The van der Waals surface area contributed by atoms with Gasteiger partial charge in [-0.05, 0) is 35.7 Å². The van der Waals surface area contributed by atoms with Crippen molar-refractivity contribution in [1.82, 2.24) is 4.90 Å². The highest BCUT2D eigenvalue weighted by Gasteiger charge is 2.33. The SMILES string of the molecule is CN(Cc1ccccc1C(F)(F)F)C(=O)CCc1ccc(OC(F)F)cc1. The number of carbonyl (C=O) groups excluding carboxylic acids is 1. The van der Waals surface area contributed by atoms with E-state index in [2.05, 4.69) is 4.74 Å². The van der Waals surface area contributed by atoms with Crippen LogP contribution < -0.4 is 4.74 Å². The van der Waals surface area contributed by atoms with Gasteiger partial charge in [0.25, 0.3) is 0 Å². The molecule has 0 aromatic heterocycles. The van der Waals surface area contributed by atoms with Crippen LogP contribution in [0.1, 0.15) is 23.1 Å². The molecular formula is C19H18F5NO2. The van der Waals surface area contributed by atoms with E-state index < -0.39 is 18.4 Å². The van der Waals surface area contributed by atoms with Gasteiger partial charge in [0.05, 0.1) is 5.56 Å². The molecule has 0 fully saturated rings. The molecule has 2 aromatic carbocycles. The Labute approximate surface area is 153 Å². The number of amides is 1. The number of aryl methyl sites for hydroxylation is 1. The smallest absolute Gasteiger partial charge is 0.416 e. The maximum Gasteiger partial charge on any atom is 0.416 e. The summed E-state index contributed by atoms with van der Waals surface area (Å²) in [6.07, 6.45) is -4.07. The topological polar surface area (TPSA) is 29.5 Å². The maximum absolute atomic E-state index is 13.0. The number of alkyl halides is 5. The van der Waals surface area contributed by atoms with Crippen molar-refractivity contribution in [2.24, 2.45) is 0 Å². The fraction of sp³-hybridized carbons (Fsp3) is 0.316. The Morgan fingerprint density at radius 3 is 2.30 bits per heavy atom. The fourth-order valence-electron chi connectivity index (χ4n) is 2.56. The van der Waals surface area contributed by atoms with Crippen LogP contribution in [0.15, 0.2) is 48.5 Å². The van der Waals surface area contributed by atoms with E-state index >= 15 is 0 Å². The second-order valence-electron chi connectivity index (χ2n) is 5.93. The Hall–Kier alpha value is -2.64. The van der Waals surface area contributed by atoms with Gasteiger partial charge in [0.1, 0.15) is 5.75 Å². The van der Waals surface area contributed by atoms with Crippen molar-refractivity contribution in [3.63, 3.8) is 0 Å². The van der Waals surface area contributed by atoms with E-state index in [1.807, 2.05) is 0 Å². The second kappa shape index (κ2) is 8.83. The lowest BCUT2D eigenvalue weighted by molar-refractivity contribution is -0.139. The minimum atomic E-state index is -4.48. The summed E-state index contributed by atoms with van der Waals surface area (Å²) in [7, 11) is 1.44. The maximum atomic E-state index is 13.0. The zero-order valence-corrected chi connectivity index (χ0v) is 14.5. The molecule has 0 radical (unpaired) electrons. The van der Waals surface area contributed by atoms with Gasteiger partial charge < -0.3 is 9.64 Å². The molecular weight excluding hydrogens is 369 g/mol. The van der Waals surface area contributed by atoms with Crippen LogP contribution in [0.5, 0.6) is 5.75 Å². The first kappa shape index (κ1) is 20.7. The molecule has 0 heterocycles. The molecule has 0 N–H and O–H groups in total. The molecule has 0 saturated heterocycles. The summed E-state index contributed by atoms with van der Waals surface area (Å²) in [6.45, 7) is -3.07. The first-order valence-electron chi connectivity index (χ1n) is 8.09. The average Bonchev–Trinajstić information content (AvgIpc) is 2.60. The lowest BCUT2D eigenvalue weighted by Gasteiger charge is -2.20. The molecule has 8 heteroatoms. The molecule has 1 amide bonds. The molecule has 2 aromatic rings. The number of ether oxygens (including phenoxy) is 1. The summed E-state index contributed by atoms with van der Waals surface area (Å²) in [5.74, 6) is -0.305. The van der Waals surface area contributed by atoms with Crippen LogP contribution in [0, 0.1) is 0 Å². The average molecular weight is 387 g/mol. The van der Waals surface area contributed by atoms with Gasteiger partial charge in [-0.15, -0.1) is 0 Å². The molecule has 0 saturated carbocycles. The summed E-state index contributed by atoms with van der Waals surface area (Å²) in [4.78, 5) is 13.4. The van der Waals surface area contributed by atoms with Crippen molar-refractivity contribution in [2.45, 2.75) is 32.2 Å². The molecule has 0 aliphatic heterocycles. The van der Waals surface area contributed by atoms with Gasteiger partial charge in [-0.25, -0.2) is 0 Å². The number of carbonyl (C=O) groups is 1. The summed E-state index contributed by atoms with van der Waals surface area (Å²) in [5.41, 5.74) is -0.0114. The molecule has 3 nitrogen and oxygen atoms in total. The zero-order valence-electron chi connectivity index (χ0n) is 14.5. The molecule has 0 bridgehead atoms. The summed E-state index contributed by atoms with van der Waals surface area (Å²) in [6, 6.07) is 11.0. The lowest BCUT2D eigenvalue weighted by Crippen LogP contribution is -2.27. The fourth-order valence-corrected chi connectivity index (χ4v) is 2.56. The minimum Gasteiger partial charge on any atom is -0.435 e. The Morgan fingerprint density at radius 1 is 1.07 bits per heavy atom. The van der Waals surface area contributed by atoms with E-state index in [0.29, 0.717) is 6.42 Å². The summed E-state index contributed by atoms with van der Waals surface area (Å²) in [5, 5.41) is 0. The van der Waals surface area contributed by atoms with E-state index in [0.717, 1.165) is 11.6 Å². The van der Waals surface area contributed by atoms with Crippen molar-refractivity contribution in [2.75, 3.05) is 7.05 Å². The normalized spacial score (nSPS) is 11.5. The largest absolute Gasteiger partial charge is 0.435 e. The van der Waals surface area contributed by atoms with Crippen LogP contribution in [0.4, 0.5) is 22.0 Å². The van der Waals surface area contributed by atoms with Crippen LogP contribution in [-0.4, -0.2) is 24.5 Å². The third-order valence-electron chi connectivity index (χ3n) is 3.93. The van der Waals surface area contributed by atoms with E-state index in [1.165, 1.54) is 42.3 Å². The third-order valence-corrected chi connectivity index (χ3v) is 3.93. The van der Waals surface area contributed by atoms with Gasteiger partial charge in [-0.1, -0.05) is 30.3 Å². The summed E-state index contributed by atoms with van der Waals surface area (Å²) < 4.78 is 67.5. The first-order valence-corrected chi connectivity index (χ1v) is 8.09. The minimum absolute atomic E-state index is 0.0148. The number of nitrogens with zero attached hydrogens (tertiary/aromatic N) is 1. The van der Waals surface area contributed by atoms with E-state index in [9.17, 15) is 26.7 Å². The summed E-state index contributed by atoms with van der Waals surface area (Å²) >= 11 is 0. The molecule has 0 aliphatic rings. The predicted molar refractivity (Wildman–Crippen MR) is 89.3 cm³/mol.